The summed E-state index contributed by atoms with van der Waals surface area (Å²) in [7, 11) is 0. The second-order valence-corrected chi connectivity index (χ2v) is 3.52. The summed E-state index contributed by atoms with van der Waals surface area (Å²) in [5.74, 6) is 0. The van der Waals surface area contributed by atoms with Crippen LogP contribution < -0.4 is 5.49 Å². The summed E-state index contributed by atoms with van der Waals surface area (Å²) in [6.07, 6.45) is 2.17. The van der Waals surface area contributed by atoms with Gasteiger partial charge in [-0.05, 0) is 30.7 Å². The van der Waals surface area contributed by atoms with Gasteiger partial charge >= 0.3 is 0 Å². The van der Waals surface area contributed by atoms with E-state index in [2.05, 4.69) is 59.9 Å². The Morgan fingerprint density at radius 1 is 1.13 bits per heavy atom. The Kier molecular flexibility index (Phi) is 2.86. The first kappa shape index (κ1) is 9.97. The number of pyridine rings is 1. The van der Waals surface area contributed by atoms with Gasteiger partial charge in [-0.3, -0.25) is 4.99 Å². The first-order valence-electron chi connectivity index (χ1n) is 5.45. The molecule has 0 bridgehead atoms. The van der Waals surface area contributed by atoms with Crippen LogP contribution in [-0.4, -0.2) is 11.1 Å². The highest BCUT2D eigenvalue weighted by molar-refractivity contribution is 5.81. The van der Waals surface area contributed by atoms with Gasteiger partial charge in [0.05, 0.1) is 0 Å². The van der Waals surface area contributed by atoms with Gasteiger partial charge < -0.3 is 4.57 Å². The molecule has 2 nitrogen and oxygen atoms in total. The zero-order valence-corrected chi connectivity index (χ0v) is 9.27. The molecule has 0 amide bonds. The van der Waals surface area contributed by atoms with Crippen LogP contribution >= 0.6 is 0 Å². The zero-order valence-electron chi connectivity index (χ0n) is 9.27. The lowest BCUT2D eigenvalue weighted by molar-refractivity contribution is 0.708. The summed E-state index contributed by atoms with van der Waals surface area (Å²) >= 11 is 0. The van der Waals surface area contributed by atoms with Crippen molar-refractivity contribution in [3.8, 4) is 0 Å². The molecule has 0 radical (unpaired) electrons. The molecule has 78 valence electrons. The van der Waals surface area contributed by atoms with Gasteiger partial charge in [0.15, 0.2) is 0 Å². The quantitative estimate of drug-likeness (QED) is 0.709. The topological polar surface area (TPSA) is 17.3 Å². The van der Waals surface area contributed by atoms with Crippen molar-refractivity contribution in [3.05, 3.63) is 42.0 Å². The molecule has 0 atom stereocenters. The summed E-state index contributed by atoms with van der Waals surface area (Å²) in [6.45, 7) is 6.00. The van der Waals surface area contributed by atoms with Crippen LogP contribution in [0.2, 0.25) is 0 Å². The molecule has 1 heterocycles. The van der Waals surface area contributed by atoms with Gasteiger partial charge in [-0.2, -0.15) is 0 Å². The molecule has 0 aliphatic heterocycles. The molecule has 2 aromatic rings. The third-order valence-corrected chi connectivity index (χ3v) is 2.53. The monoisotopic (exact) mass is 200 g/mol. The van der Waals surface area contributed by atoms with Crippen molar-refractivity contribution in [2.45, 2.75) is 20.4 Å². The van der Waals surface area contributed by atoms with E-state index in [1.165, 1.54) is 10.8 Å². The van der Waals surface area contributed by atoms with E-state index in [0.29, 0.717) is 0 Å². The van der Waals surface area contributed by atoms with Crippen LogP contribution in [0.4, 0.5) is 0 Å². The van der Waals surface area contributed by atoms with Crippen LogP contribution in [0.15, 0.2) is 41.5 Å². The van der Waals surface area contributed by atoms with Crippen LogP contribution in [0, 0.1) is 0 Å². The largest absolute Gasteiger partial charge is 0.333 e. The number of nitrogens with zero attached hydrogens (tertiary/aromatic N) is 2. The fourth-order valence-electron chi connectivity index (χ4n) is 1.77. The number of hydrogen-bond donors (Lipinski definition) is 0. The van der Waals surface area contributed by atoms with Gasteiger partial charge in [0, 0.05) is 19.3 Å². The number of fused-ring (bicyclic) bond motifs is 1. The summed E-state index contributed by atoms with van der Waals surface area (Å²) in [6, 6.07) is 10.6. The second-order valence-electron chi connectivity index (χ2n) is 3.52. The summed E-state index contributed by atoms with van der Waals surface area (Å²) in [4.78, 5) is 4.49. The van der Waals surface area contributed by atoms with E-state index in [0.717, 1.165) is 18.6 Å². The predicted molar refractivity (Wildman–Crippen MR) is 63.7 cm³/mol. The zero-order chi connectivity index (χ0) is 10.7. The van der Waals surface area contributed by atoms with E-state index < -0.39 is 0 Å². The Morgan fingerprint density at radius 3 is 2.53 bits per heavy atom. The molecule has 0 saturated carbocycles. The van der Waals surface area contributed by atoms with E-state index in [4.69, 9.17) is 0 Å². The maximum Gasteiger partial charge on any atom is 0.128 e. The van der Waals surface area contributed by atoms with Crippen LogP contribution in [0.1, 0.15) is 13.8 Å². The molecular formula is C13H16N2. The van der Waals surface area contributed by atoms with Crippen molar-refractivity contribution in [1.29, 1.82) is 0 Å². The molecule has 0 unspecified atom stereocenters. The minimum Gasteiger partial charge on any atom is -0.333 e. The SMILES string of the molecule is CCN=c1cc2ccccc2cn1CC. The molecule has 1 aromatic carbocycles. The number of aryl methyl sites for hydroxylation is 1. The Balaban J connectivity index is 2.75. The molecule has 0 fully saturated rings. The minimum absolute atomic E-state index is 0.832. The Morgan fingerprint density at radius 2 is 1.87 bits per heavy atom. The first-order valence-corrected chi connectivity index (χ1v) is 5.45. The number of hydrogen-bond acceptors (Lipinski definition) is 1. The first-order chi connectivity index (χ1) is 7.35. The van der Waals surface area contributed by atoms with Gasteiger partial charge in [-0.1, -0.05) is 24.3 Å². The molecule has 2 heteroatoms. The van der Waals surface area contributed by atoms with Crippen molar-refractivity contribution in [2.24, 2.45) is 4.99 Å². The average molecular weight is 200 g/mol. The van der Waals surface area contributed by atoms with E-state index in [9.17, 15) is 0 Å². The fourth-order valence-corrected chi connectivity index (χ4v) is 1.77. The Labute approximate surface area is 89.9 Å². The number of aromatic nitrogens is 1. The van der Waals surface area contributed by atoms with Crippen molar-refractivity contribution < 1.29 is 0 Å². The fraction of sp³-hybridized carbons (Fsp3) is 0.308. The maximum absolute atomic E-state index is 4.49. The van der Waals surface area contributed by atoms with Crippen LogP contribution in [0.3, 0.4) is 0 Å². The van der Waals surface area contributed by atoms with Crippen molar-refractivity contribution in [1.82, 2.24) is 4.57 Å². The lowest BCUT2D eigenvalue weighted by Crippen LogP contribution is -2.19. The van der Waals surface area contributed by atoms with Gasteiger partial charge in [0.1, 0.15) is 5.49 Å². The Hall–Kier alpha value is -1.57. The molecule has 0 spiro atoms. The third-order valence-electron chi connectivity index (χ3n) is 2.53. The molecular weight excluding hydrogens is 184 g/mol. The molecule has 0 N–H and O–H groups in total. The summed E-state index contributed by atoms with van der Waals surface area (Å²) in [5, 5.41) is 2.53. The minimum atomic E-state index is 0.832. The standard InChI is InChI=1S/C13H16N2/c1-3-14-13-9-11-7-5-6-8-12(11)10-15(13)4-2/h5-10H,3-4H2,1-2H3. The Bertz CT molecular complexity index is 523. The smallest absolute Gasteiger partial charge is 0.128 e. The number of benzene rings is 1. The van der Waals surface area contributed by atoms with Gasteiger partial charge in [0.25, 0.3) is 0 Å². The highest BCUT2D eigenvalue weighted by atomic mass is 15.0. The maximum atomic E-state index is 4.49. The van der Waals surface area contributed by atoms with E-state index in [1.54, 1.807) is 0 Å². The lowest BCUT2D eigenvalue weighted by Gasteiger charge is -2.06. The van der Waals surface area contributed by atoms with E-state index in [-0.39, 0.29) is 0 Å². The number of rotatable bonds is 2. The van der Waals surface area contributed by atoms with Crippen LogP contribution in [0.5, 0.6) is 0 Å². The van der Waals surface area contributed by atoms with Crippen molar-refractivity contribution >= 4 is 10.8 Å². The highest BCUT2D eigenvalue weighted by Gasteiger charge is 1.95. The molecule has 2 rings (SSSR count). The van der Waals surface area contributed by atoms with Crippen molar-refractivity contribution in [3.63, 3.8) is 0 Å². The molecule has 15 heavy (non-hydrogen) atoms. The van der Waals surface area contributed by atoms with Crippen molar-refractivity contribution in [2.75, 3.05) is 6.54 Å². The third kappa shape index (κ3) is 1.94. The normalized spacial score (nSPS) is 12.3. The molecule has 0 saturated heterocycles. The molecule has 0 aliphatic rings. The second kappa shape index (κ2) is 4.30. The van der Waals surface area contributed by atoms with Gasteiger partial charge in [0.2, 0.25) is 0 Å². The summed E-state index contributed by atoms with van der Waals surface area (Å²) < 4.78 is 2.19. The average Bonchev–Trinajstić information content (AvgIpc) is 2.28. The van der Waals surface area contributed by atoms with Crippen LogP contribution in [-0.2, 0) is 6.54 Å². The highest BCUT2D eigenvalue weighted by Crippen LogP contribution is 2.09. The van der Waals surface area contributed by atoms with Gasteiger partial charge in [-0.25, -0.2) is 0 Å². The molecule has 0 aliphatic carbocycles. The predicted octanol–water partition coefficient (Wildman–Crippen LogP) is 2.58. The lowest BCUT2D eigenvalue weighted by atomic mass is 10.2. The van der Waals surface area contributed by atoms with E-state index in [1.807, 2.05) is 0 Å². The van der Waals surface area contributed by atoms with E-state index >= 15 is 0 Å². The van der Waals surface area contributed by atoms with Crippen LogP contribution in [0.25, 0.3) is 10.8 Å². The van der Waals surface area contributed by atoms with Gasteiger partial charge in [-0.15, -0.1) is 0 Å². The summed E-state index contributed by atoms with van der Waals surface area (Å²) in [5.41, 5.74) is 1.07. The molecule has 1 aromatic heterocycles.